The lowest BCUT2D eigenvalue weighted by atomic mass is 10.2. The van der Waals surface area contributed by atoms with Gasteiger partial charge in [0.15, 0.2) is 11.5 Å². The molecule has 3 aromatic rings. The molecule has 0 saturated heterocycles. The van der Waals surface area contributed by atoms with Gasteiger partial charge in [-0.15, -0.1) is 10.2 Å². The van der Waals surface area contributed by atoms with Gasteiger partial charge in [-0.25, -0.2) is 10.3 Å². The highest BCUT2D eigenvalue weighted by molar-refractivity contribution is 5.95. The molecular weight excluding hydrogens is 414 g/mol. The van der Waals surface area contributed by atoms with Crippen molar-refractivity contribution in [2.24, 2.45) is 10.2 Å². The van der Waals surface area contributed by atoms with Crippen LogP contribution >= 0.6 is 0 Å². The molecular formula is C23H21N3O6. The van der Waals surface area contributed by atoms with Crippen LogP contribution in [-0.4, -0.2) is 33.2 Å². The zero-order valence-corrected chi connectivity index (χ0v) is 17.7. The van der Waals surface area contributed by atoms with Gasteiger partial charge in [-0.05, 0) is 60.7 Å². The molecule has 9 heteroatoms. The smallest absolute Gasteiger partial charge is 0.362 e. The second kappa shape index (κ2) is 10.6. The third kappa shape index (κ3) is 5.60. The molecule has 3 aromatic carbocycles. The number of benzene rings is 3. The predicted molar refractivity (Wildman–Crippen MR) is 117 cm³/mol. The fourth-order valence-corrected chi connectivity index (χ4v) is 2.64. The summed E-state index contributed by atoms with van der Waals surface area (Å²) in [7, 11) is 4.51. The van der Waals surface area contributed by atoms with Crippen molar-refractivity contribution in [3.05, 3.63) is 77.9 Å². The number of carbonyl (C=O) groups excluding carboxylic acids is 2. The molecule has 0 fully saturated rings. The number of azo groups is 1. The van der Waals surface area contributed by atoms with E-state index in [1.165, 1.54) is 27.4 Å². The average Bonchev–Trinajstić information content (AvgIpc) is 2.85. The zero-order chi connectivity index (χ0) is 22.9. The number of anilines is 1. The fraction of sp³-hybridized carbons (Fsp3) is 0.130. The van der Waals surface area contributed by atoms with Crippen LogP contribution in [0.2, 0.25) is 0 Å². The normalized spacial score (nSPS) is 10.5. The number of methoxy groups -OCH3 is 3. The summed E-state index contributed by atoms with van der Waals surface area (Å²) in [5, 5.41) is 7.65. The summed E-state index contributed by atoms with van der Waals surface area (Å²) in [6.07, 6.45) is 0. The minimum Gasteiger partial charge on any atom is -0.497 e. The van der Waals surface area contributed by atoms with Crippen molar-refractivity contribution in [1.29, 1.82) is 0 Å². The number of carbonyl (C=O) groups is 2. The Morgan fingerprint density at radius 3 is 2.22 bits per heavy atom. The maximum atomic E-state index is 12.2. The Balaban J connectivity index is 1.58. The van der Waals surface area contributed by atoms with Gasteiger partial charge in [-0.3, -0.25) is 4.79 Å². The summed E-state index contributed by atoms with van der Waals surface area (Å²) in [5.41, 5.74) is 4.19. The SMILES string of the molecule is COc1cccc(C(=O)N=Nc2ccc(NOC(=O)c3ccc(OC)c(OC)c3)cc2)c1. The molecule has 9 nitrogen and oxygen atoms in total. The van der Waals surface area contributed by atoms with Crippen LogP contribution in [0, 0.1) is 0 Å². The van der Waals surface area contributed by atoms with E-state index in [-0.39, 0.29) is 5.56 Å². The first kappa shape index (κ1) is 22.3. The van der Waals surface area contributed by atoms with E-state index in [4.69, 9.17) is 19.0 Å². The summed E-state index contributed by atoms with van der Waals surface area (Å²) in [4.78, 5) is 29.5. The van der Waals surface area contributed by atoms with Gasteiger partial charge in [0.25, 0.3) is 5.91 Å². The molecule has 0 aliphatic heterocycles. The van der Waals surface area contributed by atoms with Crippen molar-refractivity contribution in [3.63, 3.8) is 0 Å². The molecule has 3 rings (SSSR count). The first-order chi connectivity index (χ1) is 15.5. The van der Waals surface area contributed by atoms with Crippen molar-refractivity contribution >= 4 is 23.3 Å². The summed E-state index contributed by atoms with van der Waals surface area (Å²) in [5.74, 6) is 0.393. The zero-order valence-electron chi connectivity index (χ0n) is 17.7. The maximum absolute atomic E-state index is 12.2. The Labute approximate surface area is 184 Å². The third-order valence-electron chi connectivity index (χ3n) is 4.32. The molecule has 0 unspecified atom stereocenters. The van der Waals surface area contributed by atoms with Crippen LogP contribution in [0.1, 0.15) is 20.7 Å². The lowest BCUT2D eigenvalue weighted by Crippen LogP contribution is -2.11. The number of ether oxygens (including phenoxy) is 3. The third-order valence-corrected chi connectivity index (χ3v) is 4.32. The predicted octanol–water partition coefficient (Wildman–Crippen LogP) is 4.82. The molecule has 0 radical (unpaired) electrons. The van der Waals surface area contributed by atoms with Gasteiger partial charge in [0.05, 0.1) is 38.3 Å². The quantitative estimate of drug-likeness (QED) is 0.399. The van der Waals surface area contributed by atoms with Gasteiger partial charge in [-0.1, -0.05) is 6.07 Å². The Bertz CT molecular complexity index is 1130. The molecule has 0 atom stereocenters. The van der Waals surface area contributed by atoms with Crippen LogP contribution in [-0.2, 0) is 4.84 Å². The average molecular weight is 435 g/mol. The van der Waals surface area contributed by atoms with Gasteiger partial charge in [0.1, 0.15) is 5.75 Å². The van der Waals surface area contributed by atoms with Crippen LogP contribution in [0.25, 0.3) is 0 Å². The number of hydrogen-bond acceptors (Lipinski definition) is 8. The van der Waals surface area contributed by atoms with Crippen LogP contribution in [0.3, 0.4) is 0 Å². The first-order valence-corrected chi connectivity index (χ1v) is 9.43. The van der Waals surface area contributed by atoms with E-state index < -0.39 is 11.9 Å². The molecule has 1 N–H and O–H groups in total. The highest BCUT2D eigenvalue weighted by Crippen LogP contribution is 2.28. The molecule has 0 heterocycles. The van der Waals surface area contributed by atoms with E-state index in [1.807, 2.05) is 0 Å². The van der Waals surface area contributed by atoms with Gasteiger partial charge in [0, 0.05) is 5.56 Å². The lowest BCUT2D eigenvalue weighted by molar-refractivity contribution is 0.0596. The van der Waals surface area contributed by atoms with E-state index in [2.05, 4.69) is 15.7 Å². The van der Waals surface area contributed by atoms with E-state index in [0.29, 0.717) is 34.2 Å². The van der Waals surface area contributed by atoms with E-state index in [9.17, 15) is 9.59 Å². The Hall–Kier alpha value is -4.40. The molecule has 0 spiro atoms. The number of rotatable bonds is 8. The van der Waals surface area contributed by atoms with Crippen LogP contribution in [0.4, 0.5) is 11.4 Å². The van der Waals surface area contributed by atoms with Gasteiger partial charge in [0.2, 0.25) is 0 Å². The van der Waals surface area contributed by atoms with Crippen molar-refractivity contribution in [1.82, 2.24) is 0 Å². The molecule has 0 aliphatic carbocycles. The molecule has 0 saturated carbocycles. The van der Waals surface area contributed by atoms with Crippen LogP contribution in [0.5, 0.6) is 17.2 Å². The van der Waals surface area contributed by atoms with Crippen LogP contribution < -0.4 is 19.7 Å². The minimum absolute atomic E-state index is 0.289. The fourth-order valence-electron chi connectivity index (χ4n) is 2.64. The van der Waals surface area contributed by atoms with Crippen molar-refractivity contribution in [2.45, 2.75) is 0 Å². The Morgan fingerprint density at radius 2 is 1.53 bits per heavy atom. The molecule has 1 amide bonds. The standard InChI is InChI=1S/C23H21N3O6/c1-29-19-6-4-5-15(13-19)22(27)25-24-17-8-10-18(11-9-17)26-32-23(28)16-7-12-20(30-2)21(14-16)31-3/h4-14,26H,1-3H3. The number of nitrogens with one attached hydrogen (secondary N) is 1. The largest absolute Gasteiger partial charge is 0.497 e. The molecule has 0 bridgehead atoms. The number of amides is 1. The lowest BCUT2D eigenvalue weighted by Gasteiger charge is -2.10. The Morgan fingerprint density at radius 1 is 0.781 bits per heavy atom. The second-order valence-corrected chi connectivity index (χ2v) is 6.35. The van der Waals surface area contributed by atoms with Gasteiger partial charge in [-0.2, -0.15) is 0 Å². The van der Waals surface area contributed by atoms with E-state index in [1.54, 1.807) is 60.7 Å². The topological polar surface area (TPSA) is 108 Å². The summed E-state index contributed by atoms with van der Waals surface area (Å²) < 4.78 is 15.4. The summed E-state index contributed by atoms with van der Waals surface area (Å²) in [6, 6.07) is 17.8. The number of hydrogen-bond donors (Lipinski definition) is 1. The highest BCUT2D eigenvalue weighted by atomic mass is 16.7. The molecule has 32 heavy (non-hydrogen) atoms. The molecule has 0 aliphatic rings. The van der Waals surface area contributed by atoms with Crippen molar-refractivity contribution in [2.75, 3.05) is 26.8 Å². The van der Waals surface area contributed by atoms with Crippen molar-refractivity contribution < 1.29 is 28.6 Å². The summed E-state index contributed by atoms with van der Waals surface area (Å²) >= 11 is 0. The number of nitrogens with zero attached hydrogens (tertiary/aromatic N) is 2. The van der Waals surface area contributed by atoms with Crippen LogP contribution in [0.15, 0.2) is 77.0 Å². The van der Waals surface area contributed by atoms with E-state index >= 15 is 0 Å². The maximum Gasteiger partial charge on any atom is 0.362 e. The highest BCUT2D eigenvalue weighted by Gasteiger charge is 2.12. The van der Waals surface area contributed by atoms with E-state index in [0.717, 1.165) is 0 Å². The molecule has 164 valence electrons. The Kier molecular flexibility index (Phi) is 7.37. The van der Waals surface area contributed by atoms with Gasteiger partial charge < -0.3 is 19.0 Å². The monoisotopic (exact) mass is 435 g/mol. The molecule has 0 aromatic heterocycles. The summed E-state index contributed by atoms with van der Waals surface area (Å²) in [6.45, 7) is 0. The first-order valence-electron chi connectivity index (χ1n) is 9.43. The second-order valence-electron chi connectivity index (χ2n) is 6.35. The minimum atomic E-state index is -0.599. The van der Waals surface area contributed by atoms with Gasteiger partial charge >= 0.3 is 5.97 Å². The van der Waals surface area contributed by atoms with Crippen molar-refractivity contribution in [3.8, 4) is 17.2 Å².